The standard InChI is InChI=1S/C12H12BrI/c1-7(2)9-3-4-10-11(9)5-8(13)6-12(10)14/h3,5-7H,4H2,1-2H3. The third kappa shape index (κ3) is 1.78. The first-order valence-electron chi connectivity index (χ1n) is 4.78. The van der Waals surface area contributed by atoms with Crippen molar-refractivity contribution >= 4 is 44.1 Å². The van der Waals surface area contributed by atoms with Crippen LogP contribution in [0.25, 0.3) is 5.57 Å². The van der Waals surface area contributed by atoms with E-state index in [0.29, 0.717) is 5.92 Å². The molecule has 1 aliphatic carbocycles. The summed E-state index contributed by atoms with van der Waals surface area (Å²) in [4.78, 5) is 0. The Morgan fingerprint density at radius 3 is 2.71 bits per heavy atom. The third-order valence-corrected chi connectivity index (χ3v) is 4.04. The number of benzene rings is 1. The van der Waals surface area contributed by atoms with E-state index in [1.54, 1.807) is 0 Å². The van der Waals surface area contributed by atoms with Gasteiger partial charge in [-0.25, -0.2) is 0 Å². The predicted molar refractivity (Wildman–Crippen MR) is 73.4 cm³/mol. The number of allylic oxidation sites excluding steroid dienone is 2. The highest BCUT2D eigenvalue weighted by atomic mass is 127. The molecule has 14 heavy (non-hydrogen) atoms. The molecule has 74 valence electrons. The van der Waals surface area contributed by atoms with Gasteiger partial charge in [0.25, 0.3) is 0 Å². The normalized spacial score (nSPS) is 14.5. The molecule has 0 nitrogen and oxygen atoms in total. The third-order valence-electron chi connectivity index (χ3n) is 2.62. The van der Waals surface area contributed by atoms with Gasteiger partial charge >= 0.3 is 0 Å². The highest BCUT2D eigenvalue weighted by Gasteiger charge is 2.18. The second-order valence-corrected chi connectivity index (χ2v) is 6.01. The molecule has 0 fully saturated rings. The zero-order valence-corrected chi connectivity index (χ0v) is 12.0. The first-order valence-corrected chi connectivity index (χ1v) is 6.65. The fourth-order valence-corrected chi connectivity index (χ4v) is 3.67. The van der Waals surface area contributed by atoms with Crippen molar-refractivity contribution in [2.45, 2.75) is 20.3 Å². The summed E-state index contributed by atoms with van der Waals surface area (Å²) in [5.74, 6) is 0.626. The van der Waals surface area contributed by atoms with Crippen molar-refractivity contribution < 1.29 is 0 Å². The Balaban J connectivity index is 2.55. The van der Waals surface area contributed by atoms with E-state index < -0.39 is 0 Å². The van der Waals surface area contributed by atoms with Crippen molar-refractivity contribution in [3.63, 3.8) is 0 Å². The minimum absolute atomic E-state index is 0.626. The first kappa shape index (κ1) is 10.7. The summed E-state index contributed by atoms with van der Waals surface area (Å²) in [5.41, 5.74) is 4.44. The lowest BCUT2D eigenvalue weighted by Crippen LogP contribution is -1.94. The zero-order chi connectivity index (χ0) is 10.3. The Labute approximate surface area is 107 Å². The topological polar surface area (TPSA) is 0 Å². The minimum atomic E-state index is 0.626. The fourth-order valence-electron chi connectivity index (χ4n) is 1.94. The monoisotopic (exact) mass is 362 g/mol. The molecule has 0 saturated carbocycles. The van der Waals surface area contributed by atoms with E-state index in [0.717, 1.165) is 6.42 Å². The largest absolute Gasteiger partial charge is 0.0760 e. The van der Waals surface area contributed by atoms with Crippen LogP contribution in [0, 0.1) is 9.49 Å². The second kappa shape index (κ2) is 3.97. The van der Waals surface area contributed by atoms with Gasteiger partial charge < -0.3 is 0 Å². The fraction of sp³-hybridized carbons (Fsp3) is 0.333. The van der Waals surface area contributed by atoms with Crippen molar-refractivity contribution in [1.29, 1.82) is 0 Å². The van der Waals surface area contributed by atoms with Gasteiger partial charge in [-0.2, -0.15) is 0 Å². The molecule has 0 saturated heterocycles. The molecule has 1 aromatic carbocycles. The highest BCUT2D eigenvalue weighted by Crippen LogP contribution is 2.37. The van der Waals surface area contributed by atoms with Gasteiger partial charge in [0.2, 0.25) is 0 Å². The maximum atomic E-state index is 3.56. The van der Waals surface area contributed by atoms with Crippen molar-refractivity contribution in [2.75, 3.05) is 0 Å². The summed E-state index contributed by atoms with van der Waals surface area (Å²) in [6.45, 7) is 4.52. The molecule has 0 N–H and O–H groups in total. The summed E-state index contributed by atoms with van der Waals surface area (Å²) < 4.78 is 2.56. The van der Waals surface area contributed by atoms with E-state index in [9.17, 15) is 0 Å². The lowest BCUT2D eigenvalue weighted by Gasteiger charge is -2.10. The molecule has 1 aliphatic rings. The van der Waals surface area contributed by atoms with Gasteiger partial charge in [-0.3, -0.25) is 0 Å². The highest BCUT2D eigenvalue weighted by molar-refractivity contribution is 14.1. The van der Waals surface area contributed by atoms with Crippen LogP contribution in [0.3, 0.4) is 0 Å². The molecular weight excluding hydrogens is 351 g/mol. The van der Waals surface area contributed by atoms with Crippen molar-refractivity contribution in [3.05, 3.63) is 37.4 Å². The zero-order valence-electron chi connectivity index (χ0n) is 8.27. The quantitative estimate of drug-likeness (QED) is 0.638. The van der Waals surface area contributed by atoms with Crippen LogP contribution in [-0.2, 0) is 6.42 Å². The number of hydrogen-bond donors (Lipinski definition) is 0. The Bertz CT molecular complexity index is 405. The van der Waals surface area contributed by atoms with Gasteiger partial charge in [0.05, 0.1) is 0 Å². The Hall–Kier alpha value is 0.170. The summed E-state index contributed by atoms with van der Waals surface area (Å²) >= 11 is 5.98. The summed E-state index contributed by atoms with van der Waals surface area (Å²) in [6, 6.07) is 4.44. The van der Waals surface area contributed by atoms with Crippen molar-refractivity contribution in [1.82, 2.24) is 0 Å². The van der Waals surface area contributed by atoms with Crippen molar-refractivity contribution in [3.8, 4) is 0 Å². The van der Waals surface area contributed by atoms with Gasteiger partial charge in [0, 0.05) is 8.04 Å². The SMILES string of the molecule is CC(C)C1=CCc2c(I)cc(Br)cc21. The second-order valence-electron chi connectivity index (χ2n) is 3.93. The van der Waals surface area contributed by atoms with Crippen molar-refractivity contribution in [2.24, 2.45) is 5.92 Å². The Morgan fingerprint density at radius 2 is 2.07 bits per heavy atom. The van der Waals surface area contributed by atoms with E-state index in [4.69, 9.17) is 0 Å². The summed E-state index contributed by atoms with van der Waals surface area (Å²) in [6.07, 6.45) is 3.47. The van der Waals surface area contributed by atoms with Crippen LogP contribution in [-0.4, -0.2) is 0 Å². The van der Waals surface area contributed by atoms with E-state index >= 15 is 0 Å². The van der Waals surface area contributed by atoms with Crippen LogP contribution in [0.5, 0.6) is 0 Å². The van der Waals surface area contributed by atoms with Crippen LogP contribution in [0.1, 0.15) is 25.0 Å². The number of fused-ring (bicyclic) bond motifs is 1. The van der Waals surface area contributed by atoms with Crippen LogP contribution >= 0.6 is 38.5 Å². The minimum Gasteiger partial charge on any atom is -0.0760 e. The maximum Gasteiger partial charge on any atom is 0.0192 e. The summed E-state index contributed by atoms with van der Waals surface area (Å²) in [5, 5.41) is 0. The lowest BCUT2D eigenvalue weighted by atomic mass is 9.97. The molecule has 2 heteroatoms. The molecule has 1 aromatic rings. The van der Waals surface area contributed by atoms with Crippen LogP contribution in [0.15, 0.2) is 22.7 Å². The number of halogens is 2. The van der Waals surface area contributed by atoms with Crippen LogP contribution in [0.4, 0.5) is 0 Å². The molecule has 0 aliphatic heterocycles. The van der Waals surface area contributed by atoms with Crippen LogP contribution in [0.2, 0.25) is 0 Å². The molecule has 0 heterocycles. The van der Waals surface area contributed by atoms with Gasteiger partial charge in [0.15, 0.2) is 0 Å². The smallest absolute Gasteiger partial charge is 0.0192 e. The predicted octanol–water partition coefficient (Wildman–Crippen LogP) is 4.65. The van der Waals surface area contributed by atoms with Gasteiger partial charge in [-0.15, -0.1) is 0 Å². The molecule has 0 unspecified atom stereocenters. The Morgan fingerprint density at radius 1 is 1.36 bits per heavy atom. The van der Waals surface area contributed by atoms with E-state index in [2.05, 4.69) is 70.6 Å². The molecule has 0 radical (unpaired) electrons. The average molecular weight is 363 g/mol. The number of rotatable bonds is 1. The molecular formula is C12H12BrI. The molecule has 0 spiro atoms. The molecule has 2 rings (SSSR count). The molecule has 0 aromatic heterocycles. The maximum absolute atomic E-state index is 3.56. The molecule has 0 amide bonds. The summed E-state index contributed by atoms with van der Waals surface area (Å²) in [7, 11) is 0. The lowest BCUT2D eigenvalue weighted by molar-refractivity contribution is 0.857. The van der Waals surface area contributed by atoms with E-state index in [-0.39, 0.29) is 0 Å². The van der Waals surface area contributed by atoms with Gasteiger partial charge in [-0.05, 0) is 63.8 Å². The average Bonchev–Trinajstić information content (AvgIpc) is 2.47. The van der Waals surface area contributed by atoms with Gasteiger partial charge in [0.1, 0.15) is 0 Å². The van der Waals surface area contributed by atoms with E-state index in [1.165, 1.54) is 24.7 Å². The molecule has 0 bridgehead atoms. The molecule has 0 atom stereocenters. The van der Waals surface area contributed by atoms with Gasteiger partial charge in [-0.1, -0.05) is 35.9 Å². The van der Waals surface area contributed by atoms with E-state index in [1.807, 2.05) is 0 Å². The van der Waals surface area contributed by atoms with Crippen LogP contribution < -0.4 is 0 Å². The first-order chi connectivity index (χ1) is 6.59. The number of hydrogen-bond acceptors (Lipinski definition) is 0. The Kier molecular flexibility index (Phi) is 3.03.